The summed E-state index contributed by atoms with van der Waals surface area (Å²) in [6.07, 6.45) is 10.6. The maximum Gasteiger partial charge on any atom is 0.213 e. The lowest BCUT2D eigenvalue weighted by Gasteiger charge is -2.48. The quantitative estimate of drug-likeness (QED) is 0.317. The van der Waals surface area contributed by atoms with E-state index in [1.165, 1.54) is 36.9 Å². The highest BCUT2D eigenvalue weighted by atomic mass is 19.1. The van der Waals surface area contributed by atoms with Gasteiger partial charge in [-0.1, -0.05) is 0 Å². The van der Waals surface area contributed by atoms with Crippen molar-refractivity contribution in [2.45, 2.75) is 44.1 Å². The van der Waals surface area contributed by atoms with E-state index < -0.39 is 5.82 Å². The number of hydrogen-bond acceptors (Lipinski definition) is 7. The Morgan fingerprint density at radius 3 is 2.68 bits per heavy atom. The maximum absolute atomic E-state index is 15.7. The number of aromatic nitrogens is 2. The number of carbonyl (C=O) groups is 1. The molecular formula is C29H34FN5O3. The molecule has 4 heterocycles. The summed E-state index contributed by atoms with van der Waals surface area (Å²) in [7, 11) is 3.74. The van der Waals surface area contributed by atoms with Gasteiger partial charge in [-0.15, -0.1) is 0 Å². The van der Waals surface area contributed by atoms with Crippen LogP contribution >= 0.6 is 0 Å². The number of benzene rings is 1. The Morgan fingerprint density at radius 2 is 2.00 bits per heavy atom. The Balaban J connectivity index is 1.35. The summed E-state index contributed by atoms with van der Waals surface area (Å²) in [5, 5.41) is 0.709. The number of likely N-dealkylation sites (tertiary alicyclic amines) is 1. The first-order valence-electron chi connectivity index (χ1n) is 13.5. The van der Waals surface area contributed by atoms with Gasteiger partial charge in [0.25, 0.3) is 0 Å². The fourth-order valence-corrected chi connectivity index (χ4v) is 6.02. The number of amides is 1. The summed E-state index contributed by atoms with van der Waals surface area (Å²) in [5.74, 6) is 0.546. The fraction of sp³-hybridized carbons (Fsp3) is 0.483. The lowest BCUT2D eigenvalue weighted by atomic mass is 9.76. The molecule has 2 aliphatic heterocycles. The van der Waals surface area contributed by atoms with Crippen LogP contribution in [0.15, 0.2) is 30.6 Å². The zero-order valence-corrected chi connectivity index (χ0v) is 22.1. The molecule has 1 saturated heterocycles. The molecule has 1 aromatic carbocycles. The number of rotatable bonds is 8. The topological polar surface area (TPSA) is 71.0 Å². The smallest absolute Gasteiger partial charge is 0.213 e. The van der Waals surface area contributed by atoms with Gasteiger partial charge in [-0.3, -0.25) is 9.78 Å². The van der Waals surface area contributed by atoms with Crippen molar-refractivity contribution in [3.05, 3.63) is 36.4 Å². The lowest BCUT2D eigenvalue weighted by Crippen LogP contribution is -2.56. The molecule has 200 valence electrons. The molecule has 1 aliphatic carbocycles. The molecule has 3 aliphatic rings. The Bertz CT molecular complexity index is 1340. The van der Waals surface area contributed by atoms with E-state index in [1.807, 2.05) is 13.1 Å². The number of pyridine rings is 2. The molecule has 0 atom stereocenters. The van der Waals surface area contributed by atoms with Crippen molar-refractivity contribution in [1.82, 2.24) is 14.9 Å². The number of ether oxygens (including phenoxy) is 2. The molecule has 1 amide bonds. The predicted molar refractivity (Wildman–Crippen MR) is 146 cm³/mol. The van der Waals surface area contributed by atoms with Crippen molar-refractivity contribution in [3.8, 4) is 22.8 Å². The van der Waals surface area contributed by atoms with E-state index in [0.29, 0.717) is 52.6 Å². The molecular weight excluding hydrogens is 485 g/mol. The van der Waals surface area contributed by atoms with Gasteiger partial charge >= 0.3 is 0 Å². The van der Waals surface area contributed by atoms with Gasteiger partial charge in [0, 0.05) is 44.5 Å². The summed E-state index contributed by atoms with van der Waals surface area (Å²) in [6.45, 7) is 4.41. The van der Waals surface area contributed by atoms with Crippen LogP contribution in [0.4, 0.5) is 15.8 Å². The van der Waals surface area contributed by atoms with E-state index in [-0.39, 0.29) is 5.54 Å². The third-order valence-corrected chi connectivity index (χ3v) is 8.46. The van der Waals surface area contributed by atoms with Crippen LogP contribution in [0.1, 0.15) is 38.5 Å². The van der Waals surface area contributed by atoms with Crippen LogP contribution in [-0.4, -0.2) is 73.8 Å². The zero-order chi connectivity index (χ0) is 26.3. The average Bonchev–Trinajstić information content (AvgIpc) is 3.38. The molecule has 0 N–H and O–H groups in total. The van der Waals surface area contributed by atoms with Crippen molar-refractivity contribution in [1.29, 1.82) is 0 Å². The van der Waals surface area contributed by atoms with Crippen LogP contribution in [0.5, 0.6) is 11.6 Å². The Labute approximate surface area is 222 Å². The van der Waals surface area contributed by atoms with Crippen LogP contribution in [-0.2, 0) is 4.79 Å². The van der Waals surface area contributed by atoms with Gasteiger partial charge in [-0.2, -0.15) is 0 Å². The van der Waals surface area contributed by atoms with Crippen LogP contribution in [0, 0.1) is 5.82 Å². The number of likely N-dealkylation sites (N-methyl/N-ethyl adjacent to an activating group) is 1. The Kier molecular flexibility index (Phi) is 6.55. The monoisotopic (exact) mass is 519 g/mol. The molecule has 9 heteroatoms. The van der Waals surface area contributed by atoms with Crippen molar-refractivity contribution in [2.75, 3.05) is 56.7 Å². The van der Waals surface area contributed by atoms with E-state index in [2.05, 4.69) is 19.8 Å². The molecule has 0 radical (unpaired) electrons. The van der Waals surface area contributed by atoms with E-state index in [4.69, 9.17) is 9.47 Å². The van der Waals surface area contributed by atoms with Crippen LogP contribution in [0.25, 0.3) is 22.0 Å². The van der Waals surface area contributed by atoms with Crippen LogP contribution in [0.3, 0.4) is 0 Å². The third-order valence-electron chi connectivity index (χ3n) is 8.46. The van der Waals surface area contributed by atoms with Gasteiger partial charge in [-0.05, 0) is 57.7 Å². The van der Waals surface area contributed by atoms with E-state index >= 15 is 4.39 Å². The molecule has 38 heavy (non-hydrogen) atoms. The summed E-state index contributed by atoms with van der Waals surface area (Å²) < 4.78 is 28.0. The van der Waals surface area contributed by atoms with E-state index in [9.17, 15) is 4.79 Å². The largest absolute Gasteiger partial charge is 0.490 e. The highest BCUT2D eigenvalue weighted by molar-refractivity contribution is 6.07. The van der Waals surface area contributed by atoms with Crippen molar-refractivity contribution in [3.63, 3.8) is 0 Å². The molecule has 1 saturated carbocycles. The van der Waals surface area contributed by atoms with Gasteiger partial charge < -0.3 is 24.2 Å². The van der Waals surface area contributed by atoms with Gasteiger partial charge in [0.15, 0.2) is 0 Å². The summed E-state index contributed by atoms with van der Waals surface area (Å²) in [5.41, 5.74) is 2.75. The minimum absolute atomic E-state index is 0.204. The first-order chi connectivity index (χ1) is 18.5. The highest BCUT2D eigenvalue weighted by Crippen LogP contribution is 2.52. The average molecular weight is 520 g/mol. The molecule has 3 aromatic rings. The van der Waals surface area contributed by atoms with Gasteiger partial charge in [0.1, 0.15) is 18.2 Å². The van der Waals surface area contributed by atoms with Gasteiger partial charge in [0.2, 0.25) is 12.3 Å². The zero-order valence-electron chi connectivity index (χ0n) is 22.1. The second-order valence-electron chi connectivity index (χ2n) is 10.7. The first kappa shape index (κ1) is 24.9. The van der Waals surface area contributed by atoms with Crippen molar-refractivity contribution < 1.29 is 18.7 Å². The maximum atomic E-state index is 15.7. The number of halogens is 1. The second kappa shape index (κ2) is 10.0. The van der Waals surface area contributed by atoms with Gasteiger partial charge in [-0.25, -0.2) is 9.37 Å². The number of anilines is 2. The number of hydrogen-bond donors (Lipinski definition) is 0. The SMILES string of the molecule is CN(C=O)c1cnc2cc(F)c(-c3ccc(OCCCN4CCCC4)nc3)c3c2c1N(C)C1(CCC1)CO3. The van der Waals surface area contributed by atoms with Crippen LogP contribution in [0.2, 0.25) is 0 Å². The second-order valence-corrected chi connectivity index (χ2v) is 10.7. The number of carbonyl (C=O) groups excluding carboxylic acids is 1. The van der Waals surface area contributed by atoms with Gasteiger partial charge in [0.05, 0.1) is 46.2 Å². The molecule has 2 aromatic heterocycles. The van der Waals surface area contributed by atoms with Crippen molar-refractivity contribution in [2.24, 2.45) is 0 Å². The van der Waals surface area contributed by atoms with Crippen LogP contribution < -0.4 is 19.3 Å². The molecule has 2 fully saturated rings. The fourth-order valence-electron chi connectivity index (χ4n) is 6.02. The molecule has 0 unspecified atom stereocenters. The lowest BCUT2D eigenvalue weighted by molar-refractivity contribution is -0.107. The van der Waals surface area contributed by atoms with E-state index in [1.54, 1.807) is 25.5 Å². The molecule has 8 nitrogen and oxygen atoms in total. The predicted octanol–water partition coefficient (Wildman–Crippen LogP) is 4.64. The summed E-state index contributed by atoms with van der Waals surface area (Å²) in [4.78, 5) is 26.9. The molecule has 1 spiro atoms. The minimum atomic E-state index is -0.421. The minimum Gasteiger partial charge on any atom is -0.490 e. The molecule has 0 bridgehead atoms. The summed E-state index contributed by atoms with van der Waals surface area (Å²) >= 11 is 0. The van der Waals surface area contributed by atoms with E-state index in [0.717, 1.165) is 44.3 Å². The number of nitrogens with zero attached hydrogens (tertiary/aromatic N) is 5. The normalized spacial score (nSPS) is 18.2. The third kappa shape index (κ3) is 4.22. The first-order valence-corrected chi connectivity index (χ1v) is 13.5. The highest BCUT2D eigenvalue weighted by Gasteiger charge is 2.45. The summed E-state index contributed by atoms with van der Waals surface area (Å²) in [6, 6.07) is 5.06. The van der Waals surface area contributed by atoms with Crippen molar-refractivity contribution >= 4 is 28.7 Å². The standard InChI is InChI=1S/C29H34FN5O3/c1-33(19-36)23-17-31-22-15-21(30)25(28-26(22)27(23)34(2)29(18-38-28)9-5-10-29)20-7-8-24(32-16-20)37-14-6-13-35-11-3-4-12-35/h7-8,15-17,19H,3-6,9-14,18H2,1-2H3. The Hall–Kier alpha value is -3.46. The molecule has 6 rings (SSSR count). The Morgan fingerprint density at radius 1 is 1.18 bits per heavy atom.